The second-order valence-corrected chi connectivity index (χ2v) is 6.38. The van der Waals surface area contributed by atoms with Crippen molar-refractivity contribution < 1.29 is 4.74 Å². The van der Waals surface area contributed by atoms with Crippen LogP contribution in [0.25, 0.3) is 11.1 Å². The van der Waals surface area contributed by atoms with Gasteiger partial charge in [-0.15, -0.1) is 0 Å². The van der Waals surface area contributed by atoms with E-state index in [4.69, 9.17) is 4.74 Å². The molecule has 2 atom stereocenters. The lowest BCUT2D eigenvalue weighted by Crippen LogP contribution is -2.21. The van der Waals surface area contributed by atoms with Crippen molar-refractivity contribution >= 4 is 5.69 Å². The first-order chi connectivity index (χ1) is 11.4. The Morgan fingerprint density at radius 1 is 1.00 bits per heavy atom. The molecule has 1 saturated heterocycles. The lowest BCUT2D eigenvalue weighted by atomic mass is 9.85. The predicted molar refractivity (Wildman–Crippen MR) is 95.3 cm³/mol. The smallest absolute Gasteiger partial charge is 0.127 e. The molecule has 3 nitrogen and oxygen atoms in total. The summed E-state index contributed by atoms with van der Waals surface area (Å²) in [5, 5.41) is 7.29. The van der Waals surface area contributed by atoms with Crippen molar-refractivity contribution in [2.24, 2.45) is 0 Å². The minimum Gasteiger partial charge on any atom is -0.493 e. The summed E-state index contributed by atoms with van der Waals surface area (Å²) in [5.74, 6) is 1.57. The quantitative estimate of drug-likeness (QED) is 0.898. The maximum atomic E-state index is 5.88. The highest BCUT2D eigenvalue weighted by atomic mass is 16.5. The van der Waals surface area contributed by atoms with E-state index in [-0.39, 0.29) is 0 Å². The Labute approximate surface area is 138 Å². The third kappa shape index (κ3) is 2.59. The summed E-state index contributed by atoms with van der Waals surface area (Å²) in [6.45, 7) is 4.94. The van der Waals surface area contributed by atoms with E-state index in [0.29, 0.717) is 18.6 Å². The number of benzene rings is 2. The molecule has 23 heavy (non-hydrogen) atoms. The summed E-state index contributed by atoms with van der Waals surface area (Å²) < 4.78 is 5.88. The van der Waals surface area contributed by atoms with Crippen molar-refractivity contribution in [2.75, 3.05) is 25.0 Å². The van der Waals surface area contributed by atoms with Crippen LogP contribution in [-0.2, 0) is 0 Å². The molecular formula is C20H24N2O. The standard InChI is InChI=1S/C20H24N2O/c1-2-23-19-9-4-3-6-14(19)15-7-5-8-18-20(15)16-10-12-21-13-11-17(16)22-18/h3-9,16-17,21-22H,2,10-13H2,1H3/t16-,17?/m0/s1. The molecular weight excluding hydrogens is 284 g/mol. The Balaban J connectivity index is 1.82. The Kier molecular flexibility index (Phi) is 3.96. The van der Waals surface area contributed by atoms with Crippen LogP contribution in [0.5, 0.6) is 5.75 Å². The largest absolute Gasteiger partial charge is 0.493 e. The molecule has 4 rings (SSSR count). The van der Waals surface area contributed by atoms with Gasteiger partial charge in [0.25, 0.3) is 0 Å². The second kappa shape index (κ2) is 6.25. The van der Waals surface area contributed by atoms with Crippen LogP contribution < -0.4 is 15.4 Å². The molecule has 2 N–H and O–H groups in total. The number of hydrogen-bond acceptors (Lipinski definition) is 3. The van der Waals surface area contributed by atoms with E-state index in [1.807, 2.05) is 13.0 Å². The highest BCUT2D eigenvalue weighted by Crippen LogP contribution is 2.46. The molecule has 2 aliphatic heterocycles. The molecule has 3 heteroatoms. The first-order valence-corrected chi connectivity index (χ1v) is 8.71. The van der Waals surface area contributed by atoms with Crippen LogP contribution in [0.1, 0.15) is 31.2 Å². The van der Waals surface area contributed by atoms with Crippen molar-refractivity contribution in [1.82, 2.24) is 5.32 Å². The molecule has 2 aromatic rings. The number of anilines is 1. The average molecular weight is 308 g/mol. The van der Waals surface area contributed by atoms with Crippen molar-refractivity contribution in [2.45, 2.75) is 31.7 Å². The summed E-state index contributed by atoms with van der Waals surface area (Å²) >= 11 is 0. The van der Waals surface area contributed by atoms with E-state index in [2.05, 4.69) is 47.0 Å². The van der Waals surface area contributed by atoms with Crippen LogP contribution in [0.2, 0.25) is 0 Å². The maximum Gasteiger partial charge on any atom is 0.127 e. The lowest BCUT2D eigenvalue weighted by Gasteiger charge is -2.19. The van der Waals surface area contributed by atoms with Crippen LogP contribution in [0, 0.1) is 0 Å². The predicted octanol–water partition coefficient (Wildman–Crippen LogP) is 4.01. The van der Waals surface area contributed by atoms with E-state index in [9.17, 15) is 0 Å². The van der Waals surface area contributed by atoms with Gasteiger partial charge in [-0.25, -0.2) is 0 Å². The first kappa shape index (κ1) is 14.6. The molecule has 120 valence electrons. The highest BCUT2D eigenvalue weighted by Gasteiger charge is 2.35. The zero-order valence-corrected chi connectivity index (χ0v) is 13.6. The number of rotatable bonds is 3. The van der Waals surface area contributed by atoms with Crippen LogP contribution >= 0.6 is 0 Å². The monoisotopic (exact) mass is 308 g/mol. The van der Waals surface area contributed by atoms with Crippen molar-refractivity contribution in [3.8, 4) is 16.9 Å². The summed E-state index contributed by atoms with van der Waals surface area (Å²) in [6.07, 6.45) is 2.38. The molecule has 1 fully saturated rings. The number of hydrogen-bond donors (Lipinski definition) is 2. The third-order valence-corrected chi connectivity index (χ3v) is 5.04. The Hall–Kier alpha value is -2.00. The van der Waals surface area contributed by atoms with Gasteiger partial charge in [-0.2, -0.15) is 0 Å². The van der Waals surface area contributed by atoms with Crippen molar-refractivity contribution in [3.63, 3.8) is 0 Å². The van der Waals surface area contributed by atoms with E-state index < -0.39 is 0 Å². The molecule has 0 aliphatic carbocycles. The fraction of sp³-hybridized carbons (Fsp3) is 0.400. The van der Waals surface area contributed by atoms with Gasteiger partial charge in [-0.3, -0.25) is 0 Å². The molecule has 2 aliphatic rings. The van der Waals surface area contributed by atoms with E-state index in [0.717, 1.165) is 18.8 Å². The van der Waals surface area contributed by atoms with E-state index >= 15 is 0 Å². The van der Waals surface area contributed by atoms with Gasteiger partial charge in [0.15, 0.2) is 0 Å². The zero-order valence-electron chi connectivity index (χ0n) is 13.6. The Bertz CT molecular complexity index is 698. The van der Waals surface area contributed by atoms with Crippen molar-refractivity contribution in [1.29, 1.82) is 0 Å². The molecule has 0 saturated carbocycles. The fourth-order valence-corrected chi connectivity index (χ4v) is 4.06. The first-order valence-electron chi connectivity index (χ1n) is 8.71. The van der Waals surface area contributed by atoms with E-state index in [1.54, 1.807) is 0 Å². The number of nitrogens with one attached hydrogen (secondary N) is 2. The van der Waals surface area contributed by atoms with E-state index in [1.165, 1.54) is 35.2 Å². The molecule has 1 unspecified atom stereocenters. The molecule has 2 heterocycles. The van der Waals surface area contributed by atoms with Gasteiger partial charge >= 0.3 is 0 Å². The minimum absolute atomic E-state index is 0.556. The second-order valence-electron chi connectivity index (χ2n) is 6.38. The van der Waals surface area contributed by atoms with Crippen molar-refractivity contribution in [3.05, 3.63) is 48.0 Å². The van der Waals surface area contributed by atoms with Crippen LogP contribution in [0.15, 0.2) is 42.5 Å². The summed E-state index contributed by atoms with van der Waals surface area (Å²) in [7, 11) is 0. The topological polar surface area (TPSA) is 33.3 Å². The van der Waals surface area contributed by atoms with Crippen LogP contribution in [0.4, 0.5) is 5.69 Å². The van der Waals surface area contributed by atoms with Gasteiger partial charge in [0.1, 0.15) is 5.75 Å². The van der Waals surface area contributed by atoms with Crippen LogP contribution in [-0.4, -0.2) is 25.7 Å². The normalized spacial score (nSPS) is 22.7. The Morgan fingerprint density at radius 2 is 1.83 bits per heavy atom. The van der Waals surface area contributed by atoms with Gasteiger partial charge in [-0.05, 0) is 56.1 Å². The van der Waals surface area contributed by atoms with Gasteiger partial charge in [-0.1, -0.05) is 30.3 Å². The molecule has 0 spiro atoms. The van der Waals surface area contributed by atoms with Gasteiger partial charge in [0, 0.05) is 23.2 Å². The zero-order chi connectivity index (χ0) is 15.6. The SMILES string of the molecule is CCOc1ccccc1-c1cccc2c1[C@H]1CCNCCC1N2. The number of ether oxygens (including phenoxy) is 1. The van der Waals surface area contributed by atoms with Crippen LogP contribution in [0.3, 0.4) is 0 Å². The Morgan fingerprint density at radius 3 is 2.74 bits per heavy atom. The summed E-state index contributed by atoms with van der Waals surface area (Å²) in [6, 6.07) is 15.6. The average Bonchev–Trinajstić information content (AvgIpc) is 2.78. The minimum atomic E-state index is 0.556. The number of para-hydroxylation sites is 1. The molecule has 0 radical (unpaired) electrons. The molecule has 0 amide bonds. The van der Waals surface area contributed by atoms with Gasteiger partial charge < -0.3 is 15.4 Å². The fourth-order valence-electron chi connectivity index (χ4n) is 4.06. The molecule has 0 aromatic heterocycles. The summed E-state index contributed by atoms with van der Waals surface area (Å²) in [4.78, 5) is 0. The third-order valence-electron chi connectivity index (χ3n) is 5.04. The number of fused-ring (bicyclic) bond motifs is 3. The molecule has 2 aromatic carbocycles. The lowest BCUT2D eigenvalue weighted by molar-refractivity contribution is 0.341. The highest BCUT2D eigenvalue weighted by molar-refractivity contribution is 5.81. The maximum absolute atomic E-state index is 5.88. The van der Waals surface area contributed by atoms with Gasteiger partial charge in [0.2, 0.25) is 0 Å². The molecule has 0 bridgehead atoms. The van der Waals surface area contributed by atoms with Gasteiger partial charge in [0.05, 0.1) is 6.61 Å². The summed E-state index contributed by atoms with van der Waals surface area (Å²) in [5.41, 5.74) is 5.33.